The second-order valence-corrected chi connectivity index (χ2v) is 3.54. The fourth-order valence-electron chi connectivity index (χ4n) is 0.614. The Morgan fingerprint density at radius 3 is 2.50 bits per heavy atom. The lowest BCUT2D eigenvalue weighted by Crippen LogP contribution is -2.33. The van der Waals surface area contributed by atoms with Gasteiger partial charge in [0.25, 0.3) is 0 Å². The van der Waals surface area contributed by atoms with Gasteiger partial charge in [-0.3, -0.25) is 0 Å². The van der Waals surface area contributed by atoms with Gasteiger partial charge in [0.15, 0.2) is 0 Å². The van der Waals surface area contributed by atoms with Crippen molar-refractivity contribution in [3.63, 3.8) is 0 Å². The van der Waals surface area contributed by atoms with Gasteiger partial charge in [-0.05, 0) is 13.8 Å². The van der Waals surface area contributed by atoms with Crippen LogP contribution < -0.4 is 5.73 Å². The van der Waals surface area contributed by atoms with E-state index in [1.807, 2.05) is 13.8 Å². The summed E-state index contributed by atoms with van der Waals surface area (Å²) in [6.45, 7) is 4.58. The van der Waals surface area contributed by atoms with Gasteiger partial charge in [-0.25, -0.2) is 0 Å². The molecule has 0 saturated carbocycles. The van der Waals surface area contributed by atoms with E-state index >= 15 is 0 Å². The third-order valence-electron chi connectivity index (χ3n) is 0.924. The van der Waals surface area contributed by atoms with Gasteiger partial charge in [0.05, 0.1) is 12.2 Å². The second-order valence-electron chi connectivity index (χ2n) is 2.64. The molecule has 0 aliphatic heterocycles. The average Bonchev–Trinajstić information content (AvgIpc) is 1.84. The summed E-state index contributed by atoms with van der Waals surface area (Å²) in [5.41, 5.74) is 5.09. The Hall–Kier alpha value is 0.0969. The number of hydrogen-bond acceptors (Lipinski definition) is 3. The van der Waals surface area contributed by atoms with Crippen LogP contribution in [-0.2, 0) is 9.16 Å². The highest BCUT2D eigenvalue weighted by Gasteiger charge is 2.16. The van der Waals surface area contributed by atoms with Crippen LogP contribution in [0.5, 0.6) is 0 Å². The molecule has 0 heterocycles. The van der Waals surface area contributed by atoms with E-state index in [1.165, 1.54) is 0 Å². The zero-order chi connectivity index (χ0) is 8.04. The van der Waals surface area contributed by atoms with Crippen LogP contribution in [-0.4, -0.2) is 35.2 Å². The second kappa shape index (κ2) is 4.84. The zero-order valence-corrected chi connectivity index (χ0v) is 7.81. The number of methoxy groups -OCH3 is 1. The van der Waals surface area contributed by atoms with Crippen molar-refractivity contribution < 1.29 is 9.16 Å². The largest absolute Gasteiger partial charge is 0.409 e. The van der Waals surface area contributed by atoms with Gasteiger partial charge in [-0.1, -0.05) is 0 Å². The van der Waals surface area contributed by atoms with Crippen LogP contribution in [0.1, 0.15) is 13.8 Å². The number of rotatable bonds is 5. The lowest BCUT2D eigenvalue weighted by Gasteiger charge is -2.23. The van der Waals surface area contributed by atoms with Crippen LogP contribution in [0, 0.1) is 0 Å². The fraction of sp³-hybridized carbons (Fsp3) is 1.00. The Morgan fingerprint density at radius 2 is 2.10 bits per heavy atom. The summed E-state index contributed by atoms with van der Waals surface area (Å²) >= 11 is 0. The molecule has 0 unspecified atom stereocenters. The molecule has 0 saturated heterocycles. The van der Waals surface area contributed by atoms with Gasteiger partial charge in [-0.15, -0.1) is 0 Å². The highest BCUT2D eigenvalue weighted by molar-refractivity contribution is 6.27. The van der Waals surface area contributed by atoms with Crippen LogP contribution in [0.15, 0.2) is 0 Å². The molecule has 3 nitrogen and oxygen atoms in total. The molecule has 0 fully saturated rings. The van der Waals surface area contributed by atoms with E-state index in [1.54, 1.807) is 7.11 Å². The monoisotopic (exact) mass is 161 g/mol. The molecule has 2 N–H and O–H groups in total. The zero-order valence-electron chi connectivity index (χ0n) is 6.81. The van der Waals surface area contributed by atoms with Crippen LogP contribution in [0.3, 0.4) is 0 Å². The summed E-state index contributed by atoms with van der Waals surface area (Å²) in [5.74, 6) is 0. The molecule has 0 aromatic rings. The molecule has 0 rings (SSSR count). The Morgan fingerprint density at radius 1 is 1.50 bits per heavy atom. The molecule has 0 aromatic carbocycles. The summed E-state index contributed by atoms with van der Waals surface area (Å²) in [7, 11) is 2.04. The van der Waals surface area contributed by atoms with Crippen molar-refractivity contribution in [3.05, 3.63) is 0 Å². The van der Waals surface area contributed by atoms with Gasteiger partial charge in [0.1, 0.15) is 0 Å². The first-order chi connectivity index (χ1) is 4.62. The molecule has 4 heteroatoms. The van der Waals surface area contributed by atoms with E-state index in [9.17, 15) is 0 Å². The van der Waals surface area contributed by atoms with Gasteiger partial charge >= 0.3 is 0 Å². The van der Waals surface area contributed by atoms with Crippen molar-refractivity contribution >= 4 is 9.76 Å². The van der Waals surface area contributed by atoms with E-state index in [0.29, 0.717) is 22.5 Å². The third kappa shape index (κ3) is 4.93. The van der Waals surface area contributed by atoms with Crippen LogP contribution in [0.25, 0.3) is 0 Å². The fourth-order valence-corrected chi connectivity index (χ4v) is 1.15. The van der Waals surface area contributed by atoms with Crippen LogP contribution in [0.4, 0.5) is 0 Å². The summed E-state index contributed by atoms with van der Waals surface area (Å²) in [6.07, 6.45) is 0.590. The Bertz CT molecular complexity index is 87.8. The Kier molecular flexibility index (Phi) is 4.89. The molecule has 60 valence electrons. The maximum atomic E-state index is 5.40. The van der Waals surface area contributed by atoms with Crippen molar-refractivity contribution in [3.8, 4) is 0 Å². The molecule has 0 aliphatic carbocycles. The number of hydrogen-bond donors (Lipinski definition) is 1. The highest BCUT2D eigenvalue weighted by Crippen LogP contribution is 2.06. The quantitative estimate of drug-likeness (QED) is 0.576. The molecule has 10 heavy (non-hydrogen) atoms. The van der Waals surface area contributed by atoms with Crippen molar-refractivity contribution in [1.82, 2.24) is 0 Å². The topological polar surface area (TPSA) is 44.5 Å². The van der Waals surface area contributed by atoms with Crippen molar-refractivity contribution in [2.75, 3.05) is 19.9 Å². The first kappa shape index (κ1) is 10.1. The minimum atomic E-state index is -0.188. The highest BCUT2D eigenvalue weighted by atomic mass is 28.2. The van der Waals surface area contributed by atoms with Gasteiger partial charge < -0.3 is 14.9 Å². The molecule has 0 aliphatic rings. The van der Waals surface area contributed by atoms with Gasteiger partial charge in [0, 0.05) is 13.3 Å². The molecular weight excluding hydrogens is 146 g/mol. The van der Waals surface area contributed by atoms with E-state index in [4.69, 9.17) is 14.9 Å². The standard InChI is InChI=1S/C6H15NO2Si/c1-6(2,4-8-3)9-10-5-7/h4-5,7H2,1-3H3. The molecule has 2 radical (unpaired) electrons. The minimum Gasteiger partial charge on any atom is -0.409 e. The molecule has 0 aromatic heterocycles. The lowest BCUT2D eigenvalue weighted by atomic mass is 10.2. The Labute approximate surface area is 64.8 Å². The normalized spacial score (nSPS) is 12.0. The first-order valence-electron chi connectivity index (χ1n) is 3.22. The molecule has 0 amide bonds. The summed E-state index contributed by atoms with van der Waals surface area (Å²) in [6, 6.07) is 0. The predicted molar refractivity (Wildman–Crippen MR) is 41.8 cm³/mol. The molecule has 0 bridgehead atoms. The summed E-state index contributed by atoms with van der Waals surface area (Å²) in [5, 5.41) is 0. The maximum Gasteiger partial charge on any atom is 0.245 e. The third-order valence-corrected chi connectivity index (χ3v) is 1.79. The van der Waals surface area contributed by atoms with Crippen molar-refractivity contribution in [1.29, 1.82) is 0 Å². The lowest BCUT2D eigenvalue weighted by molar-refractivity contribution is 0.0203. The van der Waals surface area contributed by atoms with Gasteiger partial charge in [0.2, 0.25) is 9.76 Å². The smallest absolute Gasteiger partial charge is 0.245 e. The summed E-state index contributed by atoms with van der Waals surface area (Å²) < 4.78 is 10.3. The van der Waals surface area contributed by atoms with Crippen molar-refractivity contribution in [2.45, 2.75) is 19.4 Å². The van der Waals surface area contributed by atoms with Crippen LogP contribution in [0.2, 0.25) is 0 Å². The average molecular weight is 161 g/mol. The number of ether oxygens (including phenoxy) is 1. The minimum absolute atomic E-state index is 0.188. The molecule has 0 atom stereocenters. The van der Waals surface area contributed by atoms with Gasteiger partial charge in [-0.2, -0.15) is 0 Å². The first-order valence-corrected chi connectivity index (χ1v) is 4.34. The van der Waals surface area contributed by atoms with Crippen LogP contribution >= 0.6 is 0 Å². The predicted octanol–water partition coefficient (Wildman–Crippen LogP) is -0.0366. The maximum absolute atomic E-state index is 5.40. The SMILES string of the molecule is COCC(C)(C)O[Si]CN. The van der Waals surface area contributed by atoms with Crippen molar-refractivity contribution in [2.24, 2.45) is 5.73 Å². The van der Waals surface area contributed by atoms with E-state index in [2.05, 4.69) is 0 Å². The Balaban J connectivity index is 3.42. The molecule has 0 spiro atoms. The van der Waals surface area contributed by atoms with E-state index in [-0.39, 0.29) is 5.60 Å². The number of nitrogens with two attached hydrogens (primary N) is 1. The van der Waals surface area contributed by atoms with E-state index in [0.717, 1.165) is 0 Å². The molecular formula is C6H15NO2Si. The van der Waals surface area contributed by atoms with E-state index < -0.39 is 0 Å². The summed E-state index contributed by atoms with van der Waals surface area (Å²) in [4.78, 5) is 0.